The van der Waals surface area contributed by atoms with E-state index in [2.05, 4.69) is 27.0 Å². The van der Waals surface area contributed by atoms with E-state index in [4.69, 9.17) is 0 Å². The van der Waals surface area contributed by atoms with Crippen LogP contribution in [-0.2, 0) is 65.4 Å². The summed E-state index contributed by atoms with van der Waals surface area (Å²) in [4.78, 5) is 0. The van der Waals surface area contributed by atoms with Gasteiger partial charge in [-0.3, -0.25) is 6.58 Å². The molecule has 0 unspecified atom stereocenters. The topological polar surface area (TPSA) is 0 Å². The number of hydrogen-bond acceptors (Lipinski definition) is 0. The van der Waals surface area contributed by atoms with Gasteiger partial charge in [0, 0.05) is 65.4 Å². The van der Waals surface area contributed by atoms with Crippen molar-refractivity contribution in [3.05, 3.63) is 27.0 Å². The maximum atomic E-state index is 4.25. The van der Waals surface area contributed by atoms with Crippen molar-refractivity contribution < 1.29 is 65.4 Å². The van der Waals surface area contributed by atoms with Gasteiger partial charge in [0.05, 0.1) is 0 Å². The molecule has 0 nitrogen and oxygen atoms in total. The van der Waals surface area contributed by atoms with Gasteiger partial charge in [-0.25, -0.2) is 0 Å². The molecule has 7 heavy (non-hydrogen) atoms. The Labute approximate surface area is 97.3 Å². The van der Waals surface area contributed by atoms with Gasteiger partial charge in [-0.2, -0.15) is 0 Å². The molecule has 0 saturated heterocycles. The molecule has 0 atom stereocenters. The van der Waals surface area contributed by atoms with E-state index in [1.165, 1.54) is 0 Å². The first kappa shape index (κ1) is 23.1. The Kier molecular flexibility index (Phi) is 146. The van der Waals surface area contributed by atoms with Crippen LogP contribution in [0.3, 0.4) is 0 Å². The molecule has 0 aromatic rings. The van der Waals surface area contributed by atoms with Crippen molar-refractivity contribution in [3.63, 3.8) is 0 Å². The zero-order chi connectivity index (χ0) is 4.71. The maximum Gasteiger partial charge on any atom is 0 e. The van der Waals surface area contributed by atoms with Crippen LogP contribution in [0.4, 0.5) is 0 Å². The first-order chi connectivity index (χ1) is 2.41. The molecule has 0 rings (SSSR count). The molecule has 0 fully saturated rings. The van der Waals surface area contributed by atoms with Crippen LogP contribution in [0.25, 0.3) is 0 Å². The quantitative estimate of drug-likeness (QED) is 0.571. The van der Waals surface area contributed by atoms with E-state index in [0.717, 1.165) is 6.42 Å². The largest absolute Gasteiger partial charge is 0.521 e. The minimum Gasteiger partial charge on any atom is -0.521 e. The van der Waals surface area contributed by atoms with Gasteiger partial charge in [-0.15, -0.1) is 0 Å². The van der Waals surface area contributed by atoms with Crippen LogP contribution in [0.1, 0.15) is 6.42 Å². The van der Waals surface area contributed by atoms with Crippen LogP contribution in [-0.4, -0.2) is 0 Å². The minimum atomic E-state index is 0. The average molecular weight is 247 g/mol. The molecule has 38 valence electrons. The van der Waals surface area contributed by atoms with Crippen molar-refractivity contribution in [2.24, 2.45) is 0 Å². The standard InChI is InChI=1S/C3H6.C2H3.2Y/c1-3-2;1-2;;/h1-3H2;1H,2H2;;/q-2;-1;;. The Balaban J connectivity index is -0.0000000105. The maximum absolute atomic E-state index is 4.25. The molecular weight excluding hydrogens is 238 g/mol. The molecule has 0 bridgehead atoms. The zero-order valence-electron chi connectivity index (χ0n) is 4.56. The molecule has 0 aromatic carbocycles. The van der Waals surface area contributed by atoms with Crippen LogP contribution < -0.4 is 0 Å². The molecule has 0 aliphatic carbocycles. The second-order valence-corrected chi connectivity index (χ2v) is 0.354. The summed E-state index contributed by atoms with van der Waals surface area (Å²) in [5, 5.41) is 0. The molecule has 0 amide bonds. The third kappa shape index (κ3) is 74.1. The number of rotatable bonds is 0. The first-order valence-corrected chi connectivity index (χ1v) is 1.41. The van der Waals surface area contributed by atoms with Crippen molar-refractivity contribution in [3.8, 4) is 0 Å². The molecule has 0 aliphatic heterocycles. The summed E-state index contributed by atoms with van der Waals surface area (Å²) in [6, 6.07) is 0. The normalized spacial score (nSPS) is 3.14. The van der Waals surface area contributed by atoms with E-state index in [1.807, 2.05) is 0 Å². The monoisotopic (exact) mass is 247 g/mol. The fraction of sp³-hybridized carbons (Fsp3) is 0.200. The molecule has 2 heteroatoms. The predicted octanol–water partition coefficient (Wildman–Crippen LogP) is 1.65. The summed E-state index contributed by atoms with van der Waals surface area (Å²) in [6.07, 6.45) is 0.750. The molecule has 2 radical (unpaired) electrons. The summed E-state index contributed by atoms with van der Waals surface area (Å²) in [7, 11) is 0. The van der Waals surface area contributed by atoms with Crippen molar-refractivity contribution in [1.29, 1.82) is 0 Å². The summed E-state index contributed by atoms with van der Waals surface area (Å²) in [5.41, 5.74) is 0. The van der Waals surface area contributed by atoms with Gasteiger partial charge in [0.25, 0.3) is 0 Å². The summed E-state index contributed by atoms with van der Waals surface area (Å²) in [6.45, 7) is 13.8. The Morgan fingerprint density at radius 3 is 1.14 bits per heavy atom. The third-order valence-electron chi connectivity index (χ3n) is 0. The predicted molar refractivity (Wildman–Crippen MR) is 25.3 cm³/mol. The van der Waals surface area contributed by atoms with Gasteiger partial charge in [-0.05, 0) is 0 Å². The van der Waals surface area contributed by atoms with E-state index < -0.39 is 0 Å². The molecule has 0 spiro atoms. The summed E-state index contributed by atoms with van der Waals surface area (Å²) >= 11 is 0. The van der Waals surface area contributed by atoms with E-state index in [1.54, 1.807) is 0 Å². The summed E-state index contributed by atoms with van der Waals surface area (Å²) < 4.78 is 0. The van der Waals surface area contributed by atoms with E-state index >= 15 is 0 Å². The molecule has 0 N–H and O–H groups in total. The van der Waals surface area contributed by atoms with Gasteiger partial charge in [-0.1, -0.05) is 0 Å². The Bertz CT molecular complexity index is 10.0. The molecule has 0 aromatic heterocycles. The fourth-order valence-corrected chi connectivity index (χ4v) is 0. The summed E-state index contributed by atoms with van der Waals surface area (Å²) in [5.74, 6) is 0. The van der Waals surface area contributed by atoms with Crippen LogP contribution in [0, 0.1) is 20.4 Å². The van der Waals surface area contributed by atoms with Crippen LogP contribution in [0.5, 0.6) is 0 Å². The third-order valence-corrected chi connectivity index (χ3v) is 0. The smallest absolute Gasteiger partial charge is 0 e. The van der Waals surface area contributed by atoms with Crippen molar-refractivity contribution in [2.45, 2.75) is 6.42 Å². The van der Waals surface area contributed by atoms with Crippen LogP contribution in [0.2, 0.25) is 0 Å². The van der Waals surface area contributed by atoms with E-state index in [0.29, 0.717) is 0 Å². The SMILES string of the molecule is [CH-]=C.[CH2-]C[CH2-].[Y].[Y]. The van der Waals surface area contributed by atoms with Crippen molar-refractivity contribution in [1.82, 2.24) is 0 Å². The van der Waals surface area contributed by atoms with Gasteiger partial charge in [0.2, 0.25) is 0 Å². The van der Waals surface area contributed by atoms with Gasteiger partial charge < -0.3 is 26.8 Å². The first-order valence-electron chi connectivity index (χ1n) is 1.41. The van der Waals surface area contributed by atoms with Gasteiger partial charge in [0.1, 0.15) is 0 Å². The van der Waals surface area contributed by atoms with Crippen LogP contribution >= 0.6 is 0 Å². The van der Waals surface area contributed by atoms with Crippen molar-refractivity contribution in [2.75, 3.05) is 0 Å². The molecular formula is C5H9Y2-3. The average Bonchev–Trinajstić information content (AvgIpc) is 1.46. The molecule has 0 heterocycles. The second-order valence-electron chi connectivity index (χ2n) is 0.354. The molecule has 0 saturated carbocycles. The van der Waals surface area contributed by atoms with Gasteiger partial charge in [0.15, 0.2) is 0 Å². The van der Waals surface area contributed by atoms with E-state index in [9.17, 15) is 0 Å². The Morgan fingerprint density at radius 1 is 1.14 bits per heavy atom. The zero-order valence-corrected chi connectivity index (χ0v) is 10.2. The fourth-order valence-electron chi connectivity index (χ4n) is 0. The molecule has 0 aliphatic rings. The minimum absolute atomic E-state index is 0. The Morgan fingerprint density at radius 2 is 1.14 bits per heavy atom. The second kappa shape index (κ2) is 44.2. The van der Waals surface area contributed by atoms with Gasteiger partial charge >= 0.3 is 0 Å². The van der Waals surface area contributed by atoms with E-state index in [-0.39, 0.29) is 65.4 Å². The number of hydrogen-bond donors (Lipinski definition) is 0. The van der Waals surface area contributed by atoms with Crippen molar-refractivity contribution >= 4 is 0 Å². The Hall–Kier alpha value is 1.95. The van der Waals surface area contributed by atoms with Crippen LogP contribution in [0.15, 0.2) is 6.58 Å².